The van der Waals surface area contributed by atoms with Crippen molar-refractivity contribution in [2.24, 2.45) is 41.2 Å². The number of aromatic hydroxyl groups is 1. The lowest BCUT2D eigenvalue weighted by Gasteiger charge is -2.52. The number of phenols is 1. The van der Waals surface area contributed by atoms with Crippen molar-refractivity contribution in [3.63, 3.8) is 0 Å². The Morgan fingerprint density at radius 1 is 1.07 bits per heavy atom. The van der Waals surface area contributed by atoms with Gasteiger partial charge in [-0.1, -0.05) is 0 Å². The first kappa shape index (κ1) is 28.1. The van der Waals surface area contributed by atoms with Crippen LogP contribution in [0.2, 0.25) is 0 Å². The molecule has 1 heterocycles. The van der Waals surface area contributed by atoms with E-state index >= 15 is 4.39 Å². The average Bonchev–Trinajstić information content (AvgIpc) is 3.75. The second kappa shape index (κ2) is 9.78. The van der Waals surface area contributed by atoms with Gasteiger partial charge in [0.05, 0.1) is 17.5 Å². The SMILES string of the molecule is CN(C)[C@@H]1C(=O)C(C(N)=O)C(=O)[C@@]2(O)C(=O)C3C(=O)c4c(O)cc(CN5CCC(C6CC6)CC5)c(F)c4C[C@H]3C[C@@H]12. The fraction of sp³-hybridized carbons (Fsp3) is 0.633. The quantitative estimate of drug-likeness (QED) is 0.433. The maximum atomic E-state index is 16.0. The van der Waals surface area contributed by atoms with Crippen LogP contribution in [0.25, 0.3) is 0 Å². The summed E-state index contributed by atoms with van der Waals surface area (Å²) in [5, 5.41) is 22.5. The number of hydrogen-bond acceptors (Lipinski definition) is 9. The summed E-state index contributed by atoms with van der Waals surface area (Å²) in [4.78, 5) is 69.7. The largest absolute Gasteiger partial charge is 0.507 e. The summed E-state index contributed by atoms with van der Waals surface area (Å²) in [6.45, 7) is 1.95. The minimum atomic E-state index is -2.79. The number of aliphatic hydroxyl groups is 1. The van der Waals surface area contributed by atoms with Crippen molar-refractivity contribution in [1.82, 2.24) is 9.80 Å². The highest BCUT2D eigenvalue weighted by Crippen LogP contribution is 2.51. The van der Waals surface area contributed by atoms with Crippen molar-refractivity contribution < 1.29 is 38.6 Å². The zero-order chi connectivity index (χ0) is 29.5. The number of carbonyl (C=O) groups is 5. The molecule has 4 fully saturated rings. The molecule has 1 amide bonds. The summed E-state index contributed by atoms with van der Waals surface area (Å²) in [7, 11) is 3.04. The highest BCUT2D eigenvalue weighted by Gasteiger charge is 2.69. The molecule has 4 aliphatic carbocycles. The number of likely N-dealkylation sites (N-methyl/N-ethyl adjacent to an activating group) is 1. The van der Waals surface area contributed by atoms with Gasteiger partial charge in [-0.2, -0.15) is 0 Å². The van der Waals surface area contributed by atoms with E-state index in [1.54, 1.807) is 0 Å². The number of amides is 1. The molecule has 11 heteroatoms. The highest BCUT2D eigenvalue weighted by atomic mass is 19.1. The predicted molar refractivity (Wildman–Crippen MR) is 142 cm³/mol. The first-order valence-electron chi connectivity index (χ1n) is 14.5. The molecule has 1 aliphatic heterocycles. The molecule has 6 atom stereocenters. The van der Waals surface area contributed by atoms with Crippen LogP contribution < -0.4 is 5.73 Å². The standard InChI is InChI=1S/C30H36FN3O7/c1-33(2)24-18-10-15-9-17-21(25(36)20(15)27(38)30(18,41)28(39)22(26(24)37)29(32)40)19(35)11-16(23(17)31)12-34-7-5-14(6-8-34)13-3-4-13/h11,13-15,18,20,22,24,35,41H,3-10,12H2,1-2H3,(H2,32,40)/t15-,18-,20?,22?,24-,30-/m0/s1. The normalized spacial score (nSPS) is 34.4. The van der Waals surface area contributed by atoms with E-state index in [0.29, 0.717) is 5.92 Å². The summed E-state index contributed by atoms with van der Waals surface area (Å²) in [6, 6.07) is 0.0413. The Kier molecular flexibility index (Phi) is 6.70. The van der Waals surface area contributed by atoms with E-state index in [2.05, 4.69) is 4.90 Å². The van der Waals surface area contributed by atoms with Crippen molar-refractivity contribution in [3.8, 4) is 5.75 Å². The Morgan fingerprint density at radius 3 is 2.29 bits per heavy atom. The molecule has 5 aliphatic rings. The van der Waals surface area contributed by atoms with Crippen LogP contribution in [0.15, 0.2) is 6.07 Å². The maximum Gasteiger partial charge on any atom is 0.235 e. The topological polar surface area (TPSA) is 158 Å². The van der Waals surface area contributed by atoms with Gasteiger partial charge in [0, 0.05) is 23.6 Å². The van der Waals surface area contributed by atoms with Gasteiger partial charge in [-0.25, -0.2) is 4.39 Å². The van der Waals surface area contributed by atoms with Crippen LogP contribution in [0.4, 0.5) is 4.39 Å². The zero-order valence-corrected chi connectivity index (χ0v) is 23.3. The molecule has 41 heavy (non-hydrogen) atoms. The number of halogens is 1. The van der Waals surface area contributed by atoms with E-state index in [-0.39, 0.29) is 36.1 Å². The third kappa shape index (κ3) is 4.19. The molecule has 6 rings (SSSR count). The molecular weight excluding hydrogens is 533 g/mol. The second-order valence-electron chi connectivity index (χ2n) is 13.0. The number of hydrogen-bond donors (Lipinski definition) is 3. The molecule has 1 aromatic carbocycles. The zero-order valence-electron chi connectivity index (χ0n) is 23.3. The van der Waals surface area contributed by atoms with Gasteiger partial charge in [-0.3, -0.25) is 33.8 Å². The van der Waals surface area contributed by atoms with Gasteiger partial charge in [0.1, 0.15) is 11.6 Å². The van der Waals surface area contributed by atoms with E-state index in [9.17, 15) is 34.2 Å². The number of likely N-dealkylation sites (tertiary alicyclic amines) is 1. The number of nitrogens with zero attached hydrogens (tertiary/aromatic N) is 2. The molecule has 220 valence electrons. The van der Waals surface area contributed by atoms with Crippen molar-refractivity contribution in [2.45, 2.75) is 56.7 Å². The highest BCUT2D eigenvalue weighted by molar-refractivity contribution is 6.32. The van der Waals surface area contributed by atoms with Crippen LogP contribution in [-0.4, -0.2) is 87.9 Å². The van der Waals surface area contributed by atoms with E-state index in [1.807, 2.05) is 0 Å². The minimum absolute atomic E-state index is 0.0160. The monoisotopic (exact) mass is 569 g/mol. The number of rotatable bonds is 5. The van der Waals surface area contributed by atoms with Gasteiger partial charge in [0.25, 0.3) is 0 Å². The lowest BCUT2D eigenvalue weighted by molar-refractivity contribution is -0.181. The molecule has 1 saturated heterocycles. The Bertz CT molecular complexity index is 1370. The van der Waals surface area contributed by atoms with Gasteiger partial charge in [0.15, 0.2) is 34.7 Å². The minimum Gasteiger partial charge on any atom is -0.507 e. The predicted octanol–water partition coefficient (Wildman–Crippen LogP) is 0.628. The number of piperidine rings is 1. The van der Waals surface area contributed by atoms with Gasteiger partial charge in [0.2, 0.25) is 5.91 Å². The number of fused-ring (bicyclic) bond motifs is 3. The number of ketones is 4. The lowest BCUT2D eigenvalue weighted by Crippen LogP contribution is -2.74. The Hall–Kier alpha value is -3.02. The Balaban J connectivity index is 1.33. The van der Waals surface area contributed by atoms with Crippen molar-refractivity contribution in [2.75, 3.05) is 27.2 Å². The maximum absolute atomic E-state index is 16.0. The lowest BCUT2D eigenvalue weighted by atomic mass is 9.52. The smallest absolute Gasteiger partial charge is 0.235 e. The van der Waals surface area contributed by atoms with Crippen molar-refractivity contribution in [3.05, 3.63) is 28.6 Å². The van der Waals surface area contributed by atoms with Crippen molar-refractivity contribution >= 4 is 29.0 Å². The summed E-state index contributed by atoms with van der Waals surface area (Å²) in [5.74, 6) is -10.5. The number of benzene rings is 1. The van der Waals surface area contributed by atoms with Gasteiger partial charge < -0.3 is 15.9 Å². The number of carbonyl (C=O) groups excluding carboxylic acids is 5. The summed E-state index contributed by atoms with van der Waals surface area (Å²) >= 11 is 0. The van der Waals surface area contributed by atoms with Gasteiger partial charge in [-0.15, -0.1) is 0 Å². The third-order valence-electron chi connectivity index (χ3n) is 10.4. The van der Waals surface area contributed by atoms with Crippen molar-refractivity contribution in [1.29, 1.82) is 0 Å². The van der Waals surface area contributed by atoms with Crippen LogP contribution in [0, 0.1) is 41.3 Å². The van der Waals surface area contributed by atoms with Crippen LogP contribution >= 0.6 is 0 Å². The molecule has 2 unspecified atom stereocenters. The fourth-order valence-corrected chi connectivity index (χ4v) is 8.21. The van der Waals surface area contributed by atoms with E-state index in [0.717, 1.165) is 31.8 Å². The molecule has 4 N–H and O–H groups in total. The molecule has 3 saturated carbocycles. The molecule has 0 spiro atoms. The summed E-state index contributed by atoms with van der Waals surface area (Å²) in [5.41, 5.74) is 2.51. The van der Waals surface area contributed by atoms with E-state index < -0.39 is 75.9 Å². The number of phenolic OH excluding ortho intramolecular Hbond substituents is 1. The summed E-state index contributed by atoms with van der Waals surface area (Å²) in [6.07, 6.45) is 4.50. The molecule has 1 aromatic rings. The van der Waals surface area contributed by atoms with E-state index in [1.165, 1.54) is 37.9 Å². The van der Waals surface area contributed by atoms with Crippen LogP contribution in [-0.2, 0) is 32.1 Å². The molecular formula is C30H36FN3O7. The first-order chi connectivity index (χ1) is 19.4. The Labute approximate surface area is 237 Å². The fourth-order valence-electron chi connectivity index (χ4n) is 8.21. The van der Waals surface area contributed by atoms with Crippen LogP contribution in [0.1, 0.15) is 53.6 Å². The van der Waals surface area contributed by atoms with E-state index in [4.69, 9.17) is 5.73 Å². The molecule has 0 bridgehead atoms. The molecule has 0 radical (unpaired) electrons. The number of Topliss-reactive ketones (excluding diaryl/α,β-unsaturated/α-hetero) is 4. The average molecular weight is 570 g/mol. The molecule has 0 aromatic heterocycles. The van der Waals surface area contributed by atoms with Gasteiger partial charge in [-0.05, 0) is 89.5 Å². The Morgan fingerprint density at radius 2 is 1.71 bits per heavy atom. The van der Waals surface area contributed by atoms with Gasteiger partial charge >= 0.3 is 0 Å². The second-order valence-corrected chi connectivity index (χ2v) is 13.0. The number of primary amides is 1. The first-order valence-corrected chi connectivity index (χ1v) is 14.5. The third-order valence-corrected chi connectivity index (χ3v) is 10.4. The van der Waals surface area contributed by atoms with Crippen LogP contribution in [0.5, 0.6) is 5.75 Å². The molecule has 10 nitrogen and oxygen atoms in total. The summed E-state index contributed by atoms with van der Waals surface area (Å²) < 4.78 is 16.0. The number of nitrogens with two attached hydrogens (primary N) is 1. The van der Waals surface area contributed by atoms with Crippen LogP contribution in [0.3, 0.4) is 0 Å².